The first-order valence-electron chi connectivity index (χ1n) is 8.56. The van der Waals surface area contributed by atoms with E-state index in [-0.39, 0.29) is 4.90 Å². The summed E-state index contributed by atoms with van der Waals surface area (Å²) in [5, 5.41) is 3.39. The standard InChI is InChI=1S/C19H18ClN3O2S2/c20-16-7-4-8-17(13-16)27(24,25)23-11-9-22(10-12-23)19-21-18(14-26-19)15-5-2-1-3-6-15/h1-8,13-14H,9-12H2. The number of nitrogens with zero attached hydrogens (tertiary/aromatic N) is 3. The van der Waals surface area contributed by atoms with Crippen molar-refractivity contribution >= 4 is 38.1 Å². The number of thiazole rings is 1. The highest BCUT2D eigenvalue weighted by Gasteiger charge is 2.29. The van der Waals surface area contributed by atoms with Crippen molar-refractivity contribution in [3.8, 4) is 11.3 Å². The van der Waals surface area contributed by atoms with Gasteiger partial charge >= 0.3 is 0 Å². The Morgan fingerprint density at radius 3 is 2.41 bits per heavy atom. The van der Waals surface area contributed by atoms with Crippen LogP contribution in [0.5, 0.6) is 0 Å². The summed E-state index contributed by atoms with van der Waals surface area (Å²) < 4.78 is 27.1. The van der Waals surface area contributed by atoms with E-state index in [9.17, 15) is 8.42 Å². The number of hydrogen-bond donors (Lipinski definition) is 0. The van der Waals surface area contributed by atoms with E-state index in [0.717, 1.165) is 16.4 Å². The molecule has 0 spiro atoms. The van der Waals surface area contributed by atoms with Crippen molar-refractivity contribution in [3.05, 3.63) is 65.0 Å². The van der Waals surface area contributed by atoms with Gasteiger partial charge in [-0.2, -0.15) is 4.31 Å². The zero-order chi connectivity index (χ0) is 18.9. The molecule has 1 fully saturated rings. The number of sulfonamides is 1. The van der Waals surface area contributed by atoms with Gasteiger partial charge in [0.15, 0.2) is 5.13 Å². The van der Waals surface area contributed by atoms with Crippen LogP contribution in [0.1, 0.15) is 0 Å². The maximum atomic E-state index is 12.8. The maximum Gasteiger partial charge on any atom is 0.243 e. The van der Waals surface area contributed by atoms with Crippen LogP contribution in [0, 0.1) is 0 Å². The lowest BCUT2D eigenvalue weighted by Crippen LogP contribution is -2.48. The Labute approximate surface area is 167 Å². The van der Waals surface area contributed by atoms with Crippen molar-refractivity contribution in [1.82, 2.24) is 9.29 Å². The lowest BCUT2D eigenvalue weighted by molar-refractivity contribution is 0.385. The normalized spacial score (nSPS) is 15.8. The molecular formula is C19H18ClN3O2S2. The summed E-state index contributed by atoms with van der Waals surface area (Å²) in [4.78, 5) is 7.10. The molecule has 1 aliphatic heterocycles. The van der Waals surface area contributed by atoms with Gasteiger partial charge in [-0.3, -0.25) is 0 Å². The highest BCUT2D eigenvalue weighted by Crippen LogP contribution is 2.29. The average Bonchev–Trinajstić information content (AvgIpc) is 3.19. The van der Waals surface area contributed by atoms with E-state index in [0.29, 0.717) is 31.2 Å². The first-order valence-corrected chi connectivity index (χ1v) is 11.3. The van der Waals surface area contributed by atoms with Crippen molar-refractivity contribution in [2.45, 2.75) is 4.90 Å². The predicted molar refractivity (Wildman–Crippen MR) is 110 cm³/mol. The van der Waals surface area contributed by atoms with Gasteiger partial charge in [-0.1, -0.05) is 48.0 Å². The van der Waals surface area contributed by atoms with Crippen molar-refractivity contribution in [3.63, 3.8) is 0 Å². The summed E-state index contributed by atoms with van der Waals surface area (Å²) in [6.07, 6.45) is 0. The van der Waals surface area contributed by atoms with Gasteiger partial charge in [-0.05, 0) is 18.2 Å². The van der Waals surface area contributed by atoms with Crippen LogP contribution in [0.4, 0.5) is 5.13 Å². The van der Waals surface area contributed by atoms with Gasteiger partial charge in [-0.25, -0.2) is 13.4 Å². The number of rotatable bonds is 4. The Kier molecular flexibility index (Phi) is 5.19. The summed E-state index contributed by atoms with van der Waals surface area (Å²) in [5.41, 5.74) is 2.03. The van der Waals surface area contributed by atoms with Crippen LogP contribution >= 0.6 is 22.9 Å². The lowest BCUT2D eigenvalue weighted by atomic mass is 10.2. The van der Waals surface area contributed by atoms with E-state index >= 15 is 0 Å². The fourth-order valence-electron chi connectivity index (χ4n) is 3.05. The number of aromatic nitrogens is 1. The van der Waals surface area contributed by atoms with Gasteiger partial charge < -0.3 is 4.90 Å². The van der Waals surface area contributed by atoms with Gasteiger partial charge in [0.2, 0.25) is 10.0 Å². The summed E-state index contributed by atoms with van der Waals surface area (Å²) in [7, 11) is -3.52. The Bertz CT molecular complexity index is 1030. The van der Waals surface area contributed by atoms with E-state index in [4.69, 9.17) is 16.6 Å². The summed E-state index contributed by atoms with van der Waals surface area (Å²) in [5.74, 6) is 0. The Balaban J connectivity index is 1.46. The third kappa shape index (κ3) is 3.87. The van der Waals surface area contributed by atoms with Crippen LogP contribution in [-0.4, -0.2) is 43.9 Å². The van der Waals surface area contributed by atoms with Crippen LogP contribution in [0.2, 0.25) is 5.02 Å². The maximum absolute atomic E-state index is 12.8. The van der Waals surface area contributed by atoms with Gasteiger partial charge in [0.1, 0.15) is 0 Å². The minimum atomic E-state index is -3.52. The Morgan fingerprint density at radius 2 is 1.70 bits per heavy atom. The molecule has 0 atom stereocenters. The molecule has 0 bridgehead atoms. The highest BCUT2D eigenvalue weighted by atomic mass is 35.5. The van der Waals surface area contributed by atoms with Crippen LogP contribution in [-0.2, 0) is 10.0 Å². The number of benzene rings is 2. The molecule has 0 aliphatic carbocycles. The van der Waals surface area contributed by atoms with Gasteiger partial charge in [0.25, 0.3) is 0 Å². The first-order chi connectivity index (χ1) is 13.0. The van der Waals surface area contributed by atoms with Gasteiger partial charge in [0.05, 0.1) is 10.6 Å². The number of hydrogen-bond acceptors (Lipinski definition) is 5. The van der Waals surface area contributed by atoms with E-state index in [1.807, 2.05) is 35.7 Å². The summed E-state index contributed by atoms with van der Waals surface area (Å²) in [6.45, 7) is 2.08. The molecule has 1 saturated heterocycles. The number of piperazine rings is 1. The summed E-state index contributed by atoms with van der Waals surface area (Å²) >= 11 is 7.54. The molecule has 1 aliphatic rings. The third-order valence-corrected chi connectivity index (χ3v) is 7.54. The molecule has 0 unspecified atom stereocenters. The molecule has 2 heterocycles. The molecule has 1 aromatic heterocycles. The topological polar surface area (TPSA) is 53.5 Å². The average molecular weight is 420 g/mol. The van der Waals surface area contributed by atoms with Crippen LogP contribution < -0.4 is 4.90 Å². The quantitative estimate of drug-likeness (QED) is 0.642. The fourth-order valence-corrected chi connectivity index (χ4v) is 5.66. The third-order valence-electron chi connectivity index (χ3n) is 4.50. The highest BCUT2D eigenvalue weighted by molar-refractivity contribution is 7.89. The largest absolute Gasteiger partial charge is 0.345 e. The van der Waals surface area contributed by atoms with Crippen molar-refractivity contribution < 1.29 is 8.42 Å². The summed E-state index contributed by atoms with van der Waals surface area (Å²) in [6, 6.07) is 16.5. The van der Waals surface area contributed by atoms with E-state index in [2.05, 4.69) is 4.90 Å². The van der Waals surface area contributed by atoms with Crippen LogP contribution in [0.25, 0.3) is 11.3 Å². The molecule has 0 saturated carbocycles. The van der Waals surface area contributed by atoms with Crippen molar-refractivity contribution in [2.24, 2.45) is 0 Å². The molecule has 0 radical (unpaired) electrons. The first kappa shape index (κ1) is 18.4. The second-order valence-corrected chi connectivity index (χ2v) is 9.44. The molecule has 4 rings (SSSR count). The zero-order valence-corrected chi connectivity index (χ0v) is 16.8. The van der Waals surface area contributed by atoms with Crippen LogP contribution in [0.3, 0.4) is 0 Å². The smallest absolute Gasteiger partial charge is 0.243 e. The molecule has 140 valence electrons. The predicted octanol–water partition coefficient (Wildman–Crippen LogP) is 3.97. The molecule has 0 N–H and O–H groups in total. The van der Waals surface area contributed by atoms with Crippen LogP contribution in [0.15, 0.2) is 64.9 Å². The number of halogens is 1. The van der Waals surface area contributed by atoms with E-state index in [1.54, 1.807) is 29.5 Å². The van der Waals surface area contributed by atoms with E-state index < -0.39 is 10.0 Å². The Hall–Kier alpha value is -1.93. The second-order valence-electron chi connectivity index (χ2n) is 6.23. The minimum absolute atomic E-state index is 0.240. The van der Waals surface area contributed by atoms with E-state index in [1.165, 1.54) is 10.4 Å². The molecule has 27 heavy (non-hydrogen) atoms. The molecule has 5 nitrogen and oxygen atoms in total. The molecule has 3 aromatic rings. The lowest BCUT2D eigenvalue weighted by Gasteiger charge is -2.33. The number of anilines is 1. The fraction of sp³-hybridized carbons (Fsp3) is 0.211. The van der Waals surface area contributed by atoms with Crippen molar-refractivity contribution in [2.75, 3.05) is 31.1 Å². The Morgan fingerprint density at radius 1 is 0.963 bits per heavy atom. The molecule has 0 amide bonds. The molecule has 8 heteroatoms. The van der Waals surface area contributed by atoms with Gasteiger partial charge in [0, 0.05) is 42.1 Å². The second kappa shape index (κ2) is 7.59. The zero-order valence-electron chi connectivity index (χ0n) is 14.5. The van der Waals surface area contributed by atoms with Crippen molar-refractivity contribution in [1.29, 1.82) is 0 Å². The SMILES string of the molecule is O=S(=O)(c1cccc(Cl)c1)N1CCN(c2nc(-c3ccccc3)cs2)CC1. The molecular weight excluding hydrogens is 402 g/mol. The minimum Gasteiger partial charge on any atom is -0.345 e. The monoisotopic (exact) mass is 419 g/mol. The molecule has 2 aromatic carbocycles. The van der Waals surface area contributed by atoms with Gasteiger partial charge in [-0.15, -0.1) is 11.3 Å².